The minimum Gasteiger partial charge on any atom is -0.395 e. The van der Waals surface area contributed by atoms with Crippen LogP contribution in [-0.4, -0.2) is 29.0 Å². The molecule has 0 aliphatic carbocycles. The van der Waals surface area contributed by atoms with Crippen molar-refractivity contribution in [3.05, 3.63) is 29.8 Å². The molecule has 18 heavy (non-hydrogen) atoms. The molecule has 8 nitrogen and oxygen atoms in total. The van der Waals surface area contributed by atoms with Crippen molar-refractivity contribution in [1.82, 2.24) is 25.3 Å². The van der Waals surface area contributed by atoms with Gasteiger partial charge in [-0.1, -0.05) is 11.3 Å². The summed E-state index contributed by atoms with van der Waals surface area (Å²) in [7, 11) is -3.93. The van der Waals surface area contributed by atoms with Crippen LogP contribution in [0, 0.1) is 5.82 Å². The van der Waals surface area contributed by atoms with Gasteiger partial charge < -0.3 is 5.73 Å². The Morgan fingerprint density at radius 2 is 2.22 bits per heavy atom. The molecule has 0 unspecified atom stereocenters. The number of tetrazole rings is 1. The van der Waals surface area contributed by atoms with Gasteiger partial charge in [-0.15, -0.1) is 10.2 Å². The number of nitrogens with two attached hydrogens (primary N) is 1. The lowest BCUT2D eigenvalue weighted by Gasteiger charge is -2.07. The zero-order chi connectivity index (χ0) is 13.2. The minimum absolute atomic E-state index is 0.161. The van der Waals surface area contributed by atoms with Crippen LogP contribution in [0.4, 0.5) is 10.1 Å². The van der Waals surface area contributed by atoms with Gasteiger partial charge >= 0.3 is 0 Å². The van der Waals surface area contributed by atoms with Crippen LogP contribution < -0.4 is 10.5 Å². The van der Waals surface area contributed by atoms with Gasteiger partial charge in [-0.25, -0.2) is 17.5 Å². The van der Waals surface area contributed by atoms with Crippen LogP contribution in [-0.2, 0) is 16.6 Å². The maximum atomic E-state index is 13.2. The van der Waals surface area contributed by atoms with E-state index in [9.17, 15) is 12.8 Å². The summed E-state index contributed by atoms with van der Waals surface area (Å²) in [6.07, 6.45) is 0. The molecule has 0 spiro atoms. The number of hydrogen-bond donors (Lipinski definition) is 3. The molecule has 0 fully saturated rings. The average Bonchev–Trinajstić information content (AvgIpc) is 2.83. The number of hydrogen-bond acceptors (Lipinski definition) is 6. The molecule has 0 aliphatic rings. The Bertz CT molecular complexity index is 642. The Balaban J connectivity index is 2.23. The highest BCUT2D eigenvalue weighted by atomic mass is 32.2. The molecule has 1 aromatic heterocycles. The van der Waals surface area contributed by atoms with Crippen molar-refractivity contribution < 1.29 is 12.8 Å². The van der Waals surface area contributed by atoms with Crippen LogP contribution >= 0.6 is 0 Å². The van der Waals surface area contributed by atoms with Crippen LogP contribution in [0.2, 0.25) is 0 Å². The number of para-hydroxylation sites is 1. The van der Waals surface area contributed by atoms with Gasteiger partial charge in [-0.05, 0) is 12.1 Å². The van der Waals surface area contributed by atoms with E-state index >= 15 is 0 Å². The lowest BCUT2D eigenvalue weighted by atomic mass is 10.3. The third kappa shape index (κ3) is 2.43. The molecule has 10 heteroatoms. The summed E-state index contributed by atoms with van der Waals surface area (Å²) in [5, 5.41) is 12.6. The molecular weight excluding hydrogens is 263 g/mol. The third-order valence-corrected chi connectivity index (χ3v) is 3.57. The summed E-state index contributed by atoms with van der Waals surface area (Å²) in [5.74, 6) is -0.633. The van der Waals surface area contributed by atoms with Crippen LogP contribution in [0.5, 0.6) is 0 Å². The summed E-state index contributed by atoms with van der Waals surface area (Å²) in [4.78, 5) is -0.328. The van der Waals surface area contributed by atoms with Gasteiger partial charge in [0.05, 0.1) is 12.2 Å². The van der Waals surface area contributed by atoms with Crippen LogP contribution in [0.25, 0.3) is 0 Å². The summed E-state index contributed by atoms with van der Waals surface area (Å²) in [6.45, 7) is -0.172. The fourth-order valence-corrected chi connectivity index (χ4v) is 2.37. The fraction of sp³-hybridized carbons (Fsp3) is 0.125. The minimum atomic E-state index is -3.93. The molecule has 0 aliphatic heterocycles. The molecule has 0 amide bonds. The lowest BCUT2D eigenvalue weighted by Crippen LogP contribution is -2.25. The molecule has 1 aromatic carbocycles. The molecule has 0 radical (unpaired) electrons. The highest BCUT2D eigenvalue weighted by Crippen LogP contribution is 2.20. The third-order valence-electron chi connectivity index (χ3n) is 2.11. The first kappa shape index (κ1) is 12.4. The molecule has 2 aromatic rings. The van der Waals surface area contributed by atoms with E-state index < -0.39 is 21.5 Å². The van der Waals surface area contributed by atoms with Crippen molar-refractivity contribution in [2.24, 2.45) is 0 Å². The molecule has 96 valence electrons. The number of nitrogens with one attached hydrogen (secondary N) is 2. The van der Waals surface area contributed by atoms with Gasteiger partial charge in [-0.2, -0.15) is 5.21 Å². The van der Waals surface area contributed by atoms with E-state index in [1.807, 2.05) is 0 Å². The number of anilines is 1. The van der Waals surface area contributed by atoms with Gasteiger partial charge in [0.2, 0.25) is 10.0 Å². The Hall–Kier alpha value is -2.07. The quantitative estimate of drug-likeness (QED) is 0.638. The van der Waals surface area contributed by atoms with Crippen LogP contribution in [0.1, 0.15) is 5.82 Å². The van der Waals surface area contributed by atoms with Crippen molar-refractivity contribution in [2.45, 2.75) is 11.4 Å². The number of benzene rings is 1. The Morgan fingerprint density at radius 1 is 1.44 bits per heavy atom. The SMILES string of the molecule is Nc1c(F)cccc1S(=O)(=O)NCc1nn[nH]n1. The van der Waals surface area contributed by atoms with E-state index in [0.29, 0.717) is 0 Å². The first-order valence-electron chi connectivity index (χ1n) is 4.76. The predicted molar refractivity (Wildman–Crippen MR) is 59.0 cm³/mol. The summed E-state index contributed by atoms with van der Waals surface area (Å²) in [5.41, 5.74) is 4.94. The number of nitrogens with zero attached hydrogens (tertiary/aromatic N) is 3. The number of halogens is 1. The first-order valence-corrected chi connectivity index (χ1v) is 6.25. The van der Waals surface area contributed by atoms with Crippen molar-refractivity contribution in [3.8, 4) is 0 Å². The van der Waals surface area contributed by atoms with E-state index in [0.717, 1.165) is 6.07 Å². The lowest BCUT2D eigenvalue weighted by molar-refractivity contribution is 0.577. The van der Waals surface area contributed by atoms with E-state index in [2.05, 4.69) is 25.3 Å². The summed E-state index contributed by atoms with van der Waals surface area (Å²) in [6, 6.07) is 3.54. The number of aromatic nitrogens is 4. The second-order valence-corrected chi connectivity index (χ2v) is 5.04. The number of aromatic amines is 1. The Kier molecular flexibility index (Phi) is 3.21. The van der Waals surface area contributed by atoms with Crippen molar-refractivity contribution in [2.75, 3.05) is 5.73 Å². The maximum absolute atomic E-state index is 13.2. The fourth-order valence-electron chi connectivity index (χ4n) is 1.25. The molecule has 2 rings (SSSR count). The number of nitrogen functional groups attached to an aromatic ring is 1. The monoisotopic (exact) mass is 272 g/mol. The number of H-pyrrole nitrogens is 1. The smallest absolute Gasteiger partial charge is 0.243 e. The van der Waals surface area contributed by atoms with Gasteiger partial charge in [0.1, 0.15) is 10.7 Å². The van der Waals surface area contributed by atoms with Crippen LogP contribution in [0.15, 0.2) is 23.1 Å². The number of sulfonamides is 1. The first-order chi connectivity index (χ1) is 8.50. The van der Waals surface area contributed by atoms with E-state index in [1.54, 1.807) is 0 Å². The summed E-state index contributed by atoms with van der Waals surface area (Å²) < 4.78 is 39.1. The van der Waals surface area contributed by atoms with E-state index in [-0.39, 0.29) is 17.3 Å². The average molecular weight is 272 g/mol. The second kappa shape index (κ2) is 4.66. The zero-order valence-corrected chi connectivity index (χ0v) is 9.78. The van der Waals surface area contributed by atoms with Crippen molar-refractivity contribution in [1.29, 1.82) is 0 Å². The molecular formula is C8H9FN6O2S. The Morgan fingerprint density at radius 3 is 2.89 bits per heavy atom. The number of rotatable bonds is 4. The molecule has 1 heterocycles. The zero-order valence-electron chi connectivity index (χ0n) is 8.96. The Labute approximate surface area is 101 Å². The van der Waals surface area contributed by atoms with E-state index in [4.69, 9.17) is 5.73 Å². The van der Waals surface area contributed by atoms with Crippen LogP contribution in [0.3, 0.4) is 0 Å². The van der Waals surface area contributed by atoms with E-state index in [1.165, 1.54) is 12.1 Å². The molecule has 0 saturated heterocycles. The van der Waals surface area contributed by atoms with Gasteiger partial charge in [0, 0.05) is 0 Å². The summed E-state index contributed by atoms with van der Waals surface area (Å²) >= 11 is 0. The van der Waals surface area contributed by atoms with Crippen molar-refractivity contribution in [3.63, 3.8) is 0 Å². The molecule has 0 saturated carbocycles. The normalized spacial score (nSPS) is 11.6. The largest absolute Gasteiger partial charge is 0.395 e. The molecule has 4 N–H and O–H groups in total. The molecule has 0 bridgehead atoms. The van der Waals surface area contributed by atoms with Crippen molar-refractivity contribution >= 4 is 15.7 Å². The predicted octanol–water partition coefficient (Wildman–Crippen LogP) is -0.601. The topological polar surface area (TPSA) is 127 Å². The molecule has 0 atom stereocenters. The van der Waals surface area contributed by atoms with Gasteiger partial charge in [-0.3, -0.25) is 0 Å². The standard InChI is InChI=1S/C8H9FN6O2S/c9-5-2-1-3-6(8(5)10)18(16,17)11-4-7-12-14-15-13-7/h1-3,11H,4,10H2,(H,12,13,14,15). The highest BCUT2D eigenvalue weighted by Gasteiger charge is 2.19. The highest BCUT2D eigenvalue weighted by molar-refractivity contribution is 7.89. The van der Waals surface area contributed by atoms with Gasteiger partial charge in [0.25, 0.3) is 0 Å². The van der Waals surface area contributed by atoms with Gasteiger partial charge in [0.15, 0.2) is 5.82 Å². The second-order valence-electron chi connectivity index (χ2n) is 3.30. The maximum Gasteiger partial charge on any atom is 0.243 e.